The Morgan fingerprint density at radius 2 is 2.11 bits per heavy atom. The maximum atomic E-state index is 6.32. The van der Waals surface area contributed by atoms with Crippen LogP contribution in [0.2, 0.25) is 5.02 Å². The van der Waals surface area contributed by atoms with Crippen LogP contribution in [0.15, 0.2) is 24.3 Å². The first-order valence-corrected chi connectivity index (χ1v) is 6.94. The highest BCUT2D eigenvalue weighted by atomic mass is 35.5. The van der Waals surface area contributed by atoms with Gasteiger partial charge < -0.3 is 5.73 Å². The summed E-state index contributed by atoms with van der Waals surface area (Å²) in [6.07, 6.45) is 0.705. The van der Waals surface area contributed by atoms with Gasteiger partial charge in [-0.3, -0.25) is 4.68 Å². The van der Waals surface area contributed by atoms with E-state index in [1.165, 1.54) is 5.56 Å². The lowest BCUT2D eigenvalue weighted by Gasteiger charge is -2.14. The van der Waals surface area contributed by atoms with Crippen LogP contribution >= 0.6 is 11.6 Å². The van der Waals surface area contributed by atoms with E-state index in [-0.39, 0.29) is 6.04 Å². The Morgan fingerprint density at radius 3 is 2.74 bits per heavy atom. The van der Waals surface area contributed by atoms with Crippen molar-refractivity contribution in [2.75, 3.05) is 0 Å². The Labute approximate surface area is 119 Å². The second-order valence-corrected chi connectivity index (χ2v) is 5.26. The molecule has 0 saturated heterocycles. The lowest BCUT2D eigenvalue weighted by atomic mass is 10.0. The Morgan fingerprint density at radius 1 is 1.37 bits per heavy atom. The Bertz CT molecular complexity index is 575. The summed E-state index contributed by atoms with van der Waals surface area (Å²) < 4.78 is 1.94. The third kappa shape index (κ3) is 2.99. The Kier molecular flexibility index (Phi) is 4.27. The first-order valence-electron chi connectivity index (χ1n) is 6.56. The predicted molar refractivity (Wildman–Crippen MR) is 79.5 cm³/mol. The van der Waals surface area contributed by atoms with Crippen LogP contribution in [-0.4, -0.2) is 9.78 Å². The van der Waals surface area contributed by atoms with Crippen molar-refractivity contribution >= 4 is 11.6 Å². The molecule has 0 bridgehead atoms. The van der Waals surface area contributed by atoms with E-state index in [0.717, 1.165) is 28.5 Å². The minimum Gasteiger partial charge on any atom is -0.324 e. The summed E-state index contributed by atoms with van der Waals surface area (Å²) in [6.45, 7) is 6.87. The van der Waals surface area contributed by atoms with Crippen molar-refractivity contribution in [1.82, 2.24) is 9.78 Å². The average Bonchev–Trinajstić information content (AvgIpc) is 2.66. The van der Waals surface area contributed by atoms with Gasteiger partial charge in [-0.1, -0.05) is 41.4 Å². The van der Waals surface area contributed by atoms with Gasteiger partial charge in [0, 0.05) is 19.0 Å². The van der Waals surface area contributed by atoms with Crippen LogP contribution < -0.4 is 5.73 Å². The van der Waals surface area contributed by atoms with Crippen molar-refractivity contribution in [1.29, 1.82) is 0 Å². The second-order valence-electron chi connectivity index (χ2n) is 4.89. The number of aryl methyl sites for hydroxylation is 3. The topological polar surface area (TPSA) is 43.8 Å². The van der Waals surface area contributed by atoms with Crippen molar-refractivity contribution in [3.63, 3.8) is 0 Å². The normalized spacial score (nSPS) is 12.7. The molecule has 1 aromatic heterocycles. The van der Waals surface area contributed by atoms with Crippen LogP contribution in [0, 0.1) is 13.8 Å². The molecule has 1 heterocycles. The van der Waals surface area contributed by atoms with Crippen molar-refractivity contribution in [2.24, 2.45) is 5.73 Å². The van der Waals surface area contributed by atoms with Gasteiger partial charge in [0.2, 0.25) is 0 Å². The van der Waals surface area contributed by atoms with Crippen molar-refractivity contribution in [3.05, 3.63) is 51.8 Å². The fraction of sp³-hybridized carbons (Fsp3) is 0.400. The van der Waals surface area contributed by atoms with Gasteiger partial charge in [0.05, 0.1) is 16.4 Å². The van der Waals surface area contributed by atoms with E-state index in [1.54, 1.807) is 0 Å². The zero-order valence-corrected chi connectivity index (χ0v) is 12.4. The van der Waals surface area contributed by atoms with E-state index in [1.807, 2.05) is 17.7 Å². The first kappa shape index (κ1) is 14.1. The first-order chi connectivity index (χ1) is 9.02. The van der Waals surface area contributed by atoms with Crippen LogP contribution in [0.3, 0.4) is 0 Å². The van der Waals surface area contributed by atoms with Crippen LogP contribution in [-0.2, 0) is 13.0 Å². The average molecular weight is 278 g/mol. The molecule has 3 nitrogen and oxygen atoms in total. The van der Waals surface area contributed by atoms with Gasteiger partial charge in [-0.15, -0.1) is 0 Å². The number of hydrogen-bond donors (Lipinski definition) is 1. The summed E-state index contributed by atoms with van der Waals surface area (Å²) >= 11 is 6.32. The van der Waals surface area contributed by atoms with Crippen molar-refractivity contribution in [3.8, 4) is 0 Å². The molecule has 0 aliphatic heterocycles. The molecule has 0 aliphatic rings. The third-order valence-corrected chi connectivity index (χ3v) is 3.83. The number of halogens is 1. The molecule has 2 rings (SSSR count). The summed E-state index contributed by atoms with van der Waals surface area (Å²) in [5, 5.41) is 5.16. The summed E-state index contributed by atoms with van der Waals surface area (Å²) in [4.78, 5) is 0. The molecule has 2 N–H and O–H groups in total. The van der Waals surface area contributed by atoms with Crippen molar-refractivity contribution < 1.29 is 0 Å². The number of hydrogen-bond acceptors (Lipinski definition) is 2. The minimum absolute atomic E-state index is 0.0567. The molecule has 2 aromatic rings. The van der Waals surface area contributed by atoms with E-state index in [0.29, 0.717) is 6.42 Å². The monoisotopic (exact) mass is 277 g/mol. The molecule has 1 unspecified atom stereocenters. The van der Waals surface area contributed by atoms with Gasteiger partial charge in [-0.25, -0.2) is 0 Å². The molecule has 0 spiro atoms. The van der Waals surface area contributed by atoms with E-state index in [2.05, 4.69) is 37.1 Å². The number of nitrogens with zero attached hydrogens (tertiary/aromatic N) is 2. The summed E-state index contributed by atoms with van der Waals surface area (Å²) in [5.41, 5.74) is 10.6. The van der Waals surface area contributed by atoms with Gasteiger partial charge in [-0.2, -0.15) is 5.10 Å². The molecule has 4 heteroatoms. The summed E-state index contributed by atoms with van der Waals surface area (Å²) in [5.74, 6) is 0. The molecular formula is C15H20ClN3. The lowest BCUT2D eigenvalue weighted by Crippen LogP contribution is -2.16. The Hall–Kier alpha value is -1.32. The molecular weight excluding hydrogens is 258 g/mol. The number of rotatable bonds is 4. The zero-order chi connectivity index (χ0) is 14.0. The molecule has 1 atom stereocenters. The molecule has 0 radical (unpaired) electrons. The van der Waals surface area contributed by atoms with E-state index in [4.69, 9.17) is 17.3 Å². The lowest BCUT2D eigenvalue weighted by molar-refractivity contribution is 0.587. The van der Waals surface area contributed by atoms with Gasteiger partial charge in [-0.05, 0) is 26.3 Å². The second kappa shape index (κ2) is 5.76. The Balaban J connectivity index is 2.26. The third-order valence-electron chi connectivity index (χ3n) is 3.34. The highest BCUT2D eigenvalue weighted by Crippen LogP contribution is 2.25. The number of aromatic nitrogens is 2. The van der Waals surface area contributed by atoms with Crippen LogP contribution in [0.1, 0.15) is 35.5 Å². The highest BCUT2D eigenvalue weighted by molar-refractivity contribution is 6.31. The standard InChI is InChI=1S/C15H20ClN3/c1-4-19-14(15(16)11(3)18-19)9-13(17)12-7-5-6-10(2)8-12/h5-8,13H,4,9,17H2,1-3H3. The van der Waals surface area contributed by atoms with Crippen molar-refractivity contribution in [2.45, 2.75) is 39.8 Å². The minimum atomic E-state index is -0.0567. The maximum absolute atomic E-state index is 6.32. The molecule has 0 amide bonds. The van der Waals surface area contributed by atoms with Crippen LogP contribution in [0.5, 0.6) is 0 Å². The zero-order valence-electron chi connectivity index (χ0n) is 11.7. The SMILES string of the molecule is CCn1nc(C)c(Cl)c1CC(N)c1cccc(C)c1. The molecule has 19 heavy (non-hydrogen) atoms. The van der Waals surface area contributed by atoms with Gasteiger partial charge in [0.15, 0.2) is 0 Å². The van der Waals surface area contributed by atoms with E-state index >= 15 is 0 Å². The summed E-state index contributed by atoms with van der Waals surface area (Å²) in [7, 11) is 0. The molecule has 0 saturated carbocycles. The number of nitrogens with two attached hydrogens (primary N) is 1. The van der Waals surface area contributed by atoms with Crippen LogP contribution in [0.25, 0.3) is 0 Å². The van der Waals surface area contributed by atoms with Crippen LogP contribution in [0.4, 0.5) is 0 Å². The van der Waals surface area contributed by atoms with Gasteiger partial charge in [0.1, 0.15) is 0 Å². The largest absolute Gasteiger partial charge is 0.324 e. The fourth-order valence-electron chi connectivity index (χ4n) is 2.29. The molecule has 1 aromatic carbocycles. The van der Waals surface area contributed by atoms with E-state index < -0.39 is 0 Å². The molecule has 0 aliphatic carbocycles. The maximum Gasteiger partial charge on any atom is 0.0847 e. The smallest absolute Gasteiger partial charge is 0.0847 e. The molecule has 102 valence electrons. The fourth-order valence-corrected chi connectivity index (χ4v) is 2.50. The van der Waals surface area contributed by atoms with E-state index in [9.17, 15) is 0 Å². The van der Waals surface area contributed by atoms with Gasteiger partial charge in [0.25, 0.3) is 0 Å². The highest BCUT2D eigenvalue weighted by Gasteiger charge is 2.16. The molecule has 0 fully saturated rings. The summed E-state index contributed by atoms with van der Waals surface area (Å²) in [6, 6.07) is 8.24. The predicted octanol–water partition coefficient (Wildman–Crippen LogP) is 3.42. The quantitative estimate of drug-likeness (QED) is 0.931. The van der Waals surface area contributed by atoms with Gasteiger partial charge >= 0.3 is 0 Å². The number of benzene rings is 1.